The summed E-state index contributed by atoms with van der Waals surface area (Å²) in [5, 5.41) is 9.21. The number of aromatic nitrogens is 5. The third kappa shape index (κ3) is 4.44. The molecule has 1 atom stereocenters. The predicted octanol–water partition coefficient (Wildman–Crippen LogP) is 2.43. The van der Waals surface area contributed by atoms with E-state index in [0.717, 1.165) is 66.9 Å². The molecule has 1 saturated heterocycles. The van der Waals surface area contributed by atoms with Gasteiger partial charge in [-0.3, -0.25) is 14.7 Å². The third-order valence-electron chi connectivity index (χ3n) is 6.57. The molecule has 5 rings (SSSR count). The fraction of sp³-hybridized carbons (Fsp3) is 0.522. The van der Waals surface area contributed by atoms with E-state index >= 15 is 0 Å². The molecule has 1 aliphatic heterocycles. The van der Waals surface area contributed by atoms with Gasteiger partial charge in [0.15, 0.2) is 0 Å². The molecule has 3 aromatic heterocycles. The van der Waals surface area contributed by atoms with Gasteiger partial charge in [0, 0.05) is 36.8 Å². The van der Waals surface area contributed by atoms with Gasteiger partial charge < -0.3 is 5.32 Å². The largest absolute Gasteiger partial charge is 0.368 e. The normalized spacial score (nSPS) is 19.3. The van der Waals surface area contributed by atoms with Crippen LogP contribution < -0.4 is 10.9 Å². The highest BCUT2D eigenvalue weighted by Gasteiger charge is 2.23. The Bertz CT molecular complexity index is 1110. The zero-order valence-corrected chi connectivity index (χ0v) is 17.8. The number of nitrogens with one attached hydrogen (secondary N) is 1. The van der Waals surface area contributed by atoms with Gasteiger partial charge in [0.05, 0.1) is 24.0 Å². The highest BCUT2D eigenvalue weighted by Crippen LogP contribution is 2.21. The molecular formula is C23H29N7O. The molecular weight excluding hydrogens is 390 g/mol. The van der Waals surface area contributed by atoms with E-state index in [0.29, 0.717) is 12.6 Å². The quantitative estimate of drug-likeness (QED) is 0.656. The van der Waals surface area contributed by atoms with E-state index in [1.54, 1.807) is 23.4 Å². The highest BCUT2D eigenvalue weighted by molar-refractivity contribution is 5.87. The first-order chi connectivity index (χ1) is 15.3. The number of rotatable bonds is 6. The molecule has 0 saturated carbocycles. The standard InChI is InChI=1S/C23H29N7O/c31-22-13-17-5-1-2-7-20(17)28-30(22)12-11-29-10-4-3-6-18(29)14-25-23-19-8-9-24-15-21(19)26-16-27-23/h8-9,13,15-16,18H,1-7,10-12,14H2,(H,25,26,27). The molecule has 0 aromatic carbocycles. The summed E-state index contributed by atoms with van der Waals surface area (Å²) < 4.78 is 1.67. The van der Waals surface area contributed by atoms with Gasteiger partial charge in [-0.25, -0.2) is 14.6 Å². The van der Waals surface area contributed by atoms with Crippen LogP contribution in [-0.2, 0) is 19.4 Å². The number of hydrogen-bond acceptors (Lipinski definition) is 7. The van der Waals surface area contributed by atoms with Crippen LogP contribution in [-0.4, -0.2) is 55.3 Å². The van der Waals surface area contributed by atoms with E-state index in [4.69, 9.17) is 0 Å². The second-order valence-electron chi connectivity index (χ2n) is 8.57. The van der Waals surface area contributed by atoms with Gasteiger partial charge >= 0.3 is 0 Å². The zero-order valence-electron chi connectivity index (χ0n) is 17.8. The van der Waals surface area contributed by atoms with Gasteiger partial charge in [-0.15, -0.1) is 0 Å². The summed E-state index contributed by atoms with van der Waals surface area (Å²) in [5.74, 6) is 0.852. The number of anilines is 1. The van der Waals surface area contributed by atoms with Crippen LogP contribution in [0.1, 0.15) is 43.4 Å². The molecule has 0 radical (unpaired) electrons. The molecule has 0 bridgehead atoms. The Labute approximate surface area is 181 Å². The number of piperidine rings is 1. The Hall–Kier alpha value is -2.87. The molecule has 8 heteroatoms. The molecule has 1 N–H and O–H groups in total. The Morgan fingerprint density at radius 2 is 2.03 bits per heavy atom. The number of nitrogens with zero attached hydrogens (tertiary/aromatic N) is 6. The van der Waals surface area contributed by atoms with Crippen molar-refractivity contribution in [1.29, 1.82) is 0 Å². The minimum atomic E-state index is 0.0356. The molecule has 1 unspecified atom stereocenters. The average Bonchev–Trinajstić information content (AvgIpc) is 2.82. The van der Waals surface area contributed by atoms with Crippen molar-refractivity contribution >= 4 is 16.7 Å². The van der Waals surface area contributed by atoms with Gasteiger partial charge in [0.2, 0.25) is 0 Å². The SMILES string of the molecule is O=c1cc2c(nn1CCN1CCCCC1CNc1ncnc3cnccc13)CCCC2. The summed E-state index contributed by atoms with van der Waals surface area (Å²) in [6.45, 7) is 3.36. The lowest BCUT2D eigenvalue weighted by molar-refractivity contribution is 0.147. The molecule has 1 fully saturated rings. The first-order valence-corrected chi connectivity index (χ1v) is 11.4. The van der Waals surface area contributed by atoms with Gasteiger partial charge in [-0.05, 0) is 56.7 Å². The van der Waals surface area contributed by atoms with Gasteiger partial charge in [-0.2, -0.15) is 5.10 Å². The summed E-state index contributed by atoms with van der Waals surface area (Å²) in [6, 6.07) is 4.17. The summed E-state index contributed by atoms with van der Waals surface area (Å²) in [7, 11) is 0. The van der Waals surface area contributed by atoms with E-state index in [1.807, 2.05) is 12.1 Å². The lowest BCUT2D eigenvalue weighted by Crippen LogP contribution is -2.45. The van der Waals surface area contributed by atoms with E-state index in [-0.39, 0.29) is 5.56 Å². The summed E-state index contributed by atoms with van der Waals surface area (Å²) in [6.07, 6.45) is 13.0. The van der Waals surface area contributed by atoms with Crippen molar-refractivity contribution in [1.82, 2.24) is 29.6 Å². The van der Waals surface area contributed by atoms with Crippen molar-refractivity contribution in [2.24, 2.45) is 0 Å². The smallest absolute Gasteiger partial charge is 0.267 e. The van der Waals surface area contributed by atoms with Gasteiger partial charge in [0.1, 0.15) is 12.1 Å². The molecule has 4 heterocycles. The van der Waals surface area contributed by atoms with Crippen LogP contribution in [0.2, 0.25) is 0 Å². The lowest BCUT2D eigenvalue weighted by Gasteiger charge is -2.36. The first-order valence-electron chi connectivity index (χ1n) is 11.4. The maximum Gasteiger partial charge on any atom is 0.267 e. The zero-order chi connectivity index (χ0) is 21.0. The van der Waals surface area contributed by atoms with E-state index < -0.39 is 0 Å². The summed E-state index contributed by atoms with van der Waals surface area (Å²) in [5.41, 5.74) is 3.15. The van der Waals surface area contributed by atoms with E-state index in [1.165, 1.54) is 25.7 Å². The first kappa shape index (κ1) is 20.1. The molecule has 0 amide bonds. The molecule has 3 aromatic rings. The van der Waals surface area contributed by atoms with Crippen molar-refractivity contribution in [3.63, 3.8) is 0 Å². The van der Waals surface area contributed by atoms with Crippen LogP contribution in [0.15, 0.2) is 35.6 Å². The van der Waals surface area contributed by atoms with Crippen LogP contribution in [0.5, 0.6) is 0 Å². The topological polar surface area (TPSA) is 88.8 Å². The number of aryl methyl sites for hydroxylation is 2. The summed E-state index contributed by atoms with van der Waals surface area (Å²) in [4.78, 5) is 27.9. The van der Waals surface area contributed by atoms with E-state index in [2.05, 4.69) is 30.3 Å². The number of likely N-dealkylation sites (tertiary alicyclic amines) is 1. The predicted molar refractivity (Wildman–Crippen MR) is 120 cm³/mol. The Balaban J connectivity index is 1.25. The molecule has 1 aliphatic carbocycles. The Kier molecular flexibility index (Phi) is 5.88. The van der Waals surface area contributed by atoms with Crippen LogP contribution in [0, 0.1) is 0 Å². The highest BCUT2D eigenvalue weighted by atomic mass is 16.1. The number of hydrogen-bond donors (Lipinski definition) is 1. The van der Waals surface area contributed by atoms with Crippen LogP contribution in [0.4, 0.5) is 5.82 Å². The summed E-state index contributed by atoms with van der Waals surface area (Å²) >= 11 is 0. The van der Waals surface area contributed by atoms with Crippen molar-refractivity contribution in [3.8, 4) is 0 Å². The fourth-order valence-electron chi connectivity index (χ4n) is 4.83. The number of fused-ring (bicyclic) bond motifs is 2. The average molecular weight is 420 g/mol. The van der Waals surface area contributed by atoms with Crippen LogP contribution in [0.25, 0.3) is 10.9 Å². The lowest BCUT2D eigenvalue weighted by atomic mass is 9.97. The van der Waals surface area contributed by atoms with Crippen LogP contribution >= 0.6 is 0 Å². The second-order valence-corrected chi connectivity index (χ2v) is 8.57. The maximum atomic E-state index is 12.5. The fourth-order valence-corrected chi connectivity index (χ4v) is 4.83. The number of pyridine rings is 1. The molecule has 0 spiro atoms. The van der Waals surface area contributed by atoms with Crippen molar-refractivity contribution in [2.75, 3.05) is 25.0 Å². The van der Waals surface area contributed by atoms with Crippen LogP contribution in [0.3, 0.4) is 0 Å². The molecule has 2 aliphatic rings. The van der Waals surface area contributed by atoms with Gasteiger partial charge in [0.25, 0.3) is 5.56 Å². The minimum Gasteiger partial charge on any atom is -0.368 e. The van der Waals surface area contributed by atoms with Crippen molar-refractivity contribution in [2.45, 2.75) is 57.5 Å². The monoisotopic (exact) mass is 419 g/mol. The minimum absolute atomic E-state index is 0.0356. The second kappa shape index (κ2) is 9.09. The van der Waals surface area contributed by atoms with Crippen molar-refractivity contribution in [3.05, 3.63) is 52.5 Å². The molecule has 31 heavy (non-hydrogen) atoms. The Morgan fingerprint density at radius 3 is 3.00 bits per heavy atom. The molecule has 162 valence electrons. The van der Waals surface area contributed by atoms with Crippen molar-refractivity contribution < 1.29 is 0 Å². The third-order valence-corrected chi connectivity index (χ3v) is 6.57. The van der Waals surface area contributed by atoms with Gasteiger partial charge in [-0.1, -0.05) is 6.42 Å². The maximum absolute atomic E-state index is 12.5. The molecule has 8 nitrogen and oxygen atoms in total. The Morgan fingerprint density at radius 1 is 1.10 bits per heavy atom. The van der Waals surface area contributed by atoms with E-state index in [9.17, 15) is 4.79 Å².